The fourth-order valence-corrected chi connectivity index (χ4v) is 2.46. The Hall–Kier alpha value is -0.990. The van der Waals surface area contributed by atoms with Gasteiger partial charge < -0.3 is 0 Å². The molecular weight excluding hydrogens is 238 g/mol. The maximum atomic E-state index is 5.84. The lowest BCUT2D eigenvalue weighted by Gasteiger charge is -2.04. The predicted molar refractivity (Wildman–Crippen MR) is 69.3 cm³/mol. The number of benzene rings is 1. The summed E-state index contributed by atoms with van der Waals surface area (Å²) in [6.45, 7) is 4.23. The zero-order chi connectivity index (χ0) is 11.5. The number of halogens is 1. The molecule has 0 fully saturated rings. The lowest BCUT2D eigenvalue weighted by Crippen LogP contribution is -1.83. The molecule has 0 saturated heterocycles. The molecule has 0 radical (unpaired) electrons. The second-order valence-electron chi connectivity index (χ2n) is 3.65. The molecule has 0 aliphatic carbocycles. The van der Waals surface area contributed by atoms with Gasteiger partial charge in [0.1, 0.15) is 10.2 Å². The zero-order valence-corrected chi connectivity index (χ0v) is 10.8. The van der Waals surface area contributed by atoms with Gasteiger partial charge in [0, 0.05) is 4.90 Å². The fourth-order valence-electron chi connectivity index (χ4n) is 1.34. The summed E-state index contributed by atoms with van der Waals surface area (Å²) in [5, 5.41) is 1.46. The Labute approximate surface area is 105 Å². The van der Waals surface area contributed by atoms with Crippen LogP contribution in [0.3, 0.4) is 0 Å². The number of aryl methyl sites for hydroxylation is 2. The molecule has 82 valence electrons. The number of hydrogen-bond donors (Lipinski definition) is 0. The number of pyridine rings is 1. The molecule has 0 atom stereocenters. The summed E-state index contributed by atoms with van der Waals surface area (Å²) in [6.07, 6.45) is 0. The minimum atomic E-state index is 0.536. The summed E-state index contributed by atoms with van der Waals surface area (Å²) in [7, 11) is 0. The molecule has 0 N–H and O–H groups in total. The molecule has 1 heterocycles. The summed E-state index contributed by atoms with van der Waals surface area (Å²) < 4.78 is 0. The van der Waals surface area contributed by atoms with Crippen molar-refractivity contribution in [3.63, 3.8) is 0 Å². The van der Waals surface area contributed by atoms with Crippen molar-refractivity contribution in [1.82, 2.24) is 4.98 Å². The average Bonchev–Trinajstić information content (AvgIpc) is 2.24. The van der Waals surface area contributed by atoms with Crippen LogP contribution < -0.4 is 0 Å². The zero-order valence-electron chi connectivity index (χ0n) is 9.20. The van der Waals surface area contributed by atoms with E-state index in [-0.39, 0.29) is 0 Å². The lowest BCUT2D eigenvalue weighted by atomic mass is 10.1. The van der Waals surface area contributed by atoms with Crippen molar-refractivity contribution in [3.05, 3.63) is 52.7 Å². The Bertz CT molecular complexity index is 511. The van der Waals surface area contributed by atoms with Crippen molar-refractivity contribution in [1.29, 1.82) is 0 Å². The van der Waals surface area contributed by atoms with Crippen LogP contribution in [-0.2, 0) is 0 Å². The van der Waals surface area contributed by atoms with Crippen molar-refractivity contribution in [2.75, 3.05) is 0 Å². The van der Waals surface area contributed by atoms with E-state index >= 15 is 0 Å². The van der Waals surface area contributed by atoms with Crippen molar-refractivity contribution < 1.29 is 0 Å². The molecular formula is C13H12ClNS. The summed E-state index contributed by atoms with van der Waals surface area (Å²) in [4.78, 5) is 5.44. The molecule has 0 saturated carbocycles. The normalized spacial score (nSPS) is 10.4. The monoisotopic (exact) mass is 249 g/mol. The molecule has 2 rings (SSSR count). The van der Waals surface area contributed by atoms with Gasteiger partial charge in [-0.3, -0.25) is 0 Å². The van der Waals surface area contributed by atoms with Gasteiger partial charge in [-0.15, -0.1) is 0 Å². The molecule has 1 aromatic heterocycles. The Morgan fingerprint density at radius 2 is 1.88 bits per heavy atom. The van der Waals surface area contributed by atoms with Crippen LogP contribution in [0.25, 0.3) is 0 Å². The molecule has 0 aliphatic rings. The number of hydrogen-bond acceptors (Lipinski definition) is 2. The number of nitrogens with zero attached hydrogens (tertiary/aromatic N) is 1. The molecule has 1 nitrogen and oxygen atoms in total. The highest BCUT2D eigenvalue weighted by atomic mass is 35.5. The second kappa shape index (κ2) is 4.89. The van der Waals surface area contributed by atoms with E-state index in [1.165, 1.54) is 16.0 Å². The van der Waals surface area contributed by atoms with Gasteiger partial charge in [0.2, 0.25) is 0 Å². The minimum absolute atomic E-state index is 0.536. The third-order valence-electron chi connectivity index (χ3n) is 2.39. The maximum absolute atomic E-state index is 5.84. The van der Waals surface area contributed by atoms with E-state index in [0.717, 1.165) is 5.03 Å². The first kappa shape index (κ1) is 11.5. The summed E-state index contributed by atoms with van der Waals surface area (Å²) >= 11 is 7.47. The third-order valence-corrected chi connectivity index (χ3v) is 3.53. The van der Waals surface area contributed by atoms with E-state index in [0.29, 0.717) is 5.15 Å². The van der Waals surface area contributed by atoms with E-state index in [4.69, 9.17) is 11.6 Å². The molecule has 0 amide bonds. The van der Waals surface area contributed by atoms with Crippen LogP contribution in [0.15, 0.2) is 46.3 Å². The van der Waals surface area contributed by atoms with Crippen LogP contribution in [0.4, 0.5) is 0 Å². The quantitative estimate of drug-likeness (QED) is 0.727. The first-order valence-corrected chi connectivity index (χ1v) is 6.22. The fraction of sp³-hybridized carbons (Fsp3) is 0.154. The Morgan fingerprint density at radius 1 is 1.06 bits per heavy atom. The van der Waals surface area contributed by atoms with E-state index in [9.17, 15) is 0 Å². The van der Waals surface area contributed by atoms with Crippen LogP contribution in [-0.4, -0.2) is 4.98 Å². The van der Waals surface area contributed by atoms with Crippen molar-refractivity contribution in [2.45, 2.75) is 23.8 Å². The third kappa shape index (κ3) is 2.77. The minimum Gasteiger partial charge on any atom is -0.229 e. The van der Waals surface area contributed by atoms with E-state index in [1.54, 1.807) is 17.8 Å². The topological polar surface area (TPSA) is 12.9 Å². The van der Waals surface area contributed by atoms with Crippen LogP contribution in [0, 0.1) is 13.8 Å². The summed E-state index contributed by atoms with van der Waals surface area (Å²) in [5.41, 5.74) is 2.61. The highest BCUT2D eigenvalue weighted by Crippen LogP contribution is 2.28. The Morgan fingerprint density at radius 3 is 2.56 bits per heavy atom. The molecule has 0 spiro atoms. The van der Waals surface area contributed by atoms with E-state index in [2.05, 4.69) is 37.0 Å². The molecule has 3 heteroatoms. The SMILES string of the molecule is Cc1ccc(Sc2cccc(Cl)n2)cc1C. The first-order chi connectivity index (χ1) is 7.65. The van der Waals surface area contributed by atoms with Gasteiger partial charge in [-0.25, -0.2) is 4.98 Å². The van der Waals surface area contributed by atoms with Gasteiger partial charge >= 0.3 is 0 Å². The van der Waals surface area contributed by atoms with Crippen molar-refractivity contribution in [2.24, 2.45) is 0 Å². The maximum Gasteiger partial charge on any atom is 0.130 e. The lowest BCUT2D eigenvalue weighted by molar-refractivity contribution is 1.13. The van der Waals surface area contributed by atoms with Gasteiger partial charge in [0.05, 0.1) is 0 Å². The standard InChI is InChI=1S/C13H12ClNS/c1-9-6-7-11(8-10(9)2)16-13-5-3-4-12(14)15-13/h3-8H,1-2H3. The van der Waals surface area contributed by atoms with Crippen LogP contribution in [0.2, 0.25) is 5.15 Å². The highest BCUT2D eigenvalue weighted by molar-refractivity contribution is 7.99. The van der Waals surface area contributed by atoms with Crippen LogP contribution in [0.5, 0.6) is 0 Å². The average molecular weight is 250 g/mol. The van der Waals surface area contributed by atoms with Gasteiger partial charge in [0.25, 0.3) is 0 Å². The smallest absolute Gasteiger partial charge is 0.130 e. The Balaban J connectivity index is 2.24. The molecule has 0 aliphatic heterocycles. The number of aromatic nitrogens is 1. The summed E-state index contributed by atoms with van der Waals surface area (Å²) in [5.74, 6) is 0. The summed E-state index contributed by atoms with van der Waals surface area (Å²) in [6, 6.07) is 12.1. The molecule has 1 aromatic carbocycles. The van der Waals surface area contributed by atoms with Gasteiger partial charge in [0.15, 0.2) is 0 Å². The molecule has 16 heavy (non-hydrogen) atoms. The first-order valence-electron chi connectivity index (χ1n) is 5.03. The molecule has 0 bridgehead atoms. The van der Waals surface area contributed by atoms with Gasteiger partial charge in [-0.2, -0.15) is 0 Å². The number of rotatable bonds is 2. The largest absolute Gasteiger partial charge is 0.229 e. The molecule has 2 aromatic rings. The van der Waals surface area contributed by atoms with Gasteiger partial charge in [-0.1, -0.05) is 35.5 Å². The van der Waals surface area contributed by atoms with E-state index in [1.807, 2.05) is 12.1 Å². The second-order valence-corrected chi connectivity index (χ2v) is 5.13. The van der Waals surface area contributed by atoms with Crippen molar-refractivity contribution in [3.8, 4) is 0 Å². The predicted octanol–water partition coefficient (Wildman–Crippen LogP) is 4.50. The highest BCUT2D eigenvalue weighted by Gasteiger charge is 2.01. The van der Waals surface area contributed by atoms with E-state index < -0.39 is 0 Å². The van der Waals surface area contributed by atoms with Crippen molar-refractivity contribution >= 4 is 23.4 Å². The van der Waals surface area contributed by atoms with Crippen LogP contribution in [0.1, 0.15) is 11.1 Å². The van der Waals surface area contributed by atoms with Gasteiger partial charge in [-0.05, 0) is 49.2 Å². The van der Waals surface area contributed by atoms with Crippen LogP contribution >= 0.6 is 23.4 Å². The Kier molecular flexibility index (Phi) is 3.52. The molecule has 0 unspecified atom stereocenters.